The van der Waals surface area contributed by atoms with Crippen LogP contribution in [0.15, 0.2) is 33.9 Å². The second-order valence-corrected chi connectivity index (χ2v) is 6.14. The summed E-state index contributed by atoms with van der Waals surface area (Å²) in [7, 11) is 0. The third-order valence-corrected chi connectivity index (χ3v) is 4.26. The number of ketones is 1. The van der Waals surface area contributed by atoms with Crippen molar-refractivity contribution >= 4 is 29.2 Å². The number of hydrogen-bond donors (Lipinski definition) is 3. The number of fused-ring (bicyclic) bond motifs is 1. The number of carbonyl (C=O) groups is 3. The summed E-state index contributed by atoms with van der Waals surface area (Å²) in [5, 5.41) is 2.61. The van der Waals surface area contributed by atoms with Crippen molar-refractivity contribution in [3.05, 3.63) is 50.7 Å². The maximum Gasteiger partial charge on any atom is 0.329 e. The Balaban J connectivity index is 1.65. The lowest BCUT2D eigenvalue weighted by Crippen LogP contribution is -2.39. The third-order valence-electron chi connectivity index (χ3n) is 4.26. The number of aromatic amines is 1. The topological polar surface area (TPSA) is 163 Å². The highest BCUT2D eigenvalue weighted by Gasteiger charge is 2.30. The molecule has 1 aliphatic heterocycles. The molecule has 11 heteroatoms. The minimum Gasteiger partial charge on any atom is -0.478 e. The van der Waals surface area contributed by atoms with Crippen LogP contribution in [0.1, 0.15) is 23.7 Å². The number of nitrogens with zero attached hydrogens (tertiary/aromatic N) is 1. The van der Waals surface area contributed by atoms with Gasteiger partial charge in [-0.2, -0.15) is 0 Å². The van der Waals surface area contributed by atoms with Crippen LogP contribution >= 0.6 is 0 Å². The van der Waals surface area contributed by atoms with E-state index in [-0.39, 0.29) is 12.4 Å². The molecule has 4 N–H and O–H groups in total. The largest absolute Gasteiger partial charge is 0.478 e. The minimum absolute atomic E-state index is 0.136. The molecule has 1 atom stereocenters. The summed E-state index contributed by atoms with van der Waals surface area (Å²) in [6.45, 7) is 0.966. The molecule has 0 spiro atoms. The quantitative estimate of drug-likeness (QED) is 0.436. The van der Waals surface area contributed by atoms with Gasteiger partial charge >= 0.3 is 11.7 Å². The van der Waals surface area contributed by atoms with Crippen LogP contribution < -0.4 is 27.0 Å². The van der Waals surface area contributed by atoms with Crippen LogP contribution in [0.3, 0.4) is 0 Å². The van der Waals surface area contributed by atoms with Gasteiger partial charge in [-0.15, -0.1) is 0 Å². The first-order chi connectivity index (χ1) is 13.8. The normalized spacial score (nSPS) is 15.1. The predicted molar refractivity (Wildman–Crippen MR) is 101 cm³/mol. The standard InChI is InChI=1S/C18H18N4O7/c1-2-22-15(19)14(17(26)21-18(22)27)10(23)8-28-13(24)7-12-16(25)20-9-5-3-4-6-11(9)29-12/h3-6,12H,2,7-8,19H2,1H3,(H,20,25)(H,21,26,27). The molecule has 0 aliphatic carbocycles. The summed E-state index contributed by atoms with van der Waals surface area (Å²) in [4.78, 5) is 61.9. The van der Waals surface area contributed by atoms with E-state index in [1.165, 1.54) is 0 Å². The first-order valence-corrected chi connectivity index (χ1v) is 8.69. The molecule has 11 nitrogen and oxygen atoms in total. The van der Waals surface area contributed by atoms with Gasteiger partial charge in [0.1, 0.15) is 17.1 Å². The lowest BCUT2D eigenvalue weighted by atomic mass is 10.1. The molecular formula is C18H18N4O7. The first kappa shape index (κ1) is 19.9. The van der Waals surface area contributed by atoms with Crippen LogP contribution in [0.5, 0.6) is 5.75 Å². The lowest BCUT2D eigenvalue weighted by Gasteiger charge is -2.25. The van der Waals surface area contributed by atoms with E-state index in [1.807, 2.05) is 4.98 Å². The monoisotopic (exact) mass is 402 g/mol. The van der Waals surface area contributed by atoms with Gasteiger partial charge in [0, 0.05) is 6.54 Å². The maximum atomic E-state index is 12.3. The molecule has 0 fully saturated rings. The van der Waals surface area contributed by atoms with E-state index >= 15 is 0 Å². The molecule has 1 aromatic heterocycles. The summed E-state index contributed by atoms with van der Waals surface area (Å²) in [5.41, 5.74) is 4.02. The number of nitrogen functional groups attached to an aromatic ring is 1. The first-order valence-electron chi connectivity index (χ1n) is 8.69. The van der Waals surface area contributed by atoms with Crippen LogP contribution in [0.2, 0.25) is 0 Å². The van der Waals surface area contributed by atoms with E-state index in [2.05, 4.69) is 5.32 Å². The zero-order valence-corrected chi connectivity index (χ0v) is 15.4. The molecular weight excluding hydrogens is 384 g/mol. The van der Waals surface area contributed by atoms with Crippen molar-refractivity contribution < 1.29 is 23.9 Å². The lowest BCUT2D eigenvalue weighted by molar-refractivity contribution is -0.146. The summed E-state index contributed by atoms with van der Waals surface area (Å²) in [6.07, 6.45) is -1.56. The Kier molecular flexibility index (Phi) is 5.48. The smallest absolute Gasteiger partial charge is 0.329 e. The van der Waals surface area contributed by atoms with Crippen molar-refractivity contribution in [2.45, 2.75) is 26.0 Å². The molecule has 0 saturated carbocycles. The predicted octanol–water partition coefficient (Wildman–Crippen LogP) is -0.346. The number of rotatable bonds is 6. The van der Waals surface area contributed by atoms with Crippen molar-refractivity contribution in [1.82, 2.24) is 9.55 Å². The number of nitrogens with two attached hydrogens (primary N) is 1. The zero-order valence-electron chi connectivity index (χ0n) is 15.4. The Morgan fingerprint density at radius 2 is 1.97 bits per heavy atom. The van der Waals surface area contributed by atoms with E-state index in [4.69, 9.17) is 15.2 Å². The Morgan fingerprint density at radius 1 is 1.24 bits per heavy atom. The summed E-state index contributed by atoms with van der Waals surface area (Å²) in [5.74, 6) is -2.19. The molecule has 1 aromatic carbocycles. The van der Waals surface area contributed by atoms with Gasteiger partial charge in [-0.1, -0.05) is 12.1 Å². The SMILES string of the molecule is CCn1c(N)c(C(=O)COC(=O)CC2Oc3ccccc3NC2=O)c(=O)[nH]c1=O. The fourth-order valence-electron chi connectivity index (χ4n) is 2.83. The molecule has 29 heavy (non-hydrogen) atoms. The average molecular weight is 402 g/mol. The molecule has 0 radical (unpaired) electrons. The molecule has 1 unspecified atom stereocenters. The number of carbonyl (C=O) groups excluding carboxylic acids is 3. The van der Waals surface area contributed by atoms with E-state index in [0.29, 0.717) is 11.4 Å². The Bertz CT molecular complexity index is 1100. The number of H-pyrrole nitrogens is 1. The van der Waals surface area contributed by atoms with Crippen molar-refractivity contribution in [3.63, 3.8) is 0 Å². The number of esters is 1. The van der Waals surface area contributed by atoms with Gasteiger partial charge in [0.15, 0.2) is 12.7 Å². The number of hydrogen-bond acceptors (Lipinski definition) is 8. The zero-order chi connectivity index (χ0) is 21.1. The van der Waals surface area contributed by atoms with E-state index in [1.54, 1.807) is 31.2 Å². The summed E-state index contributed by atoms with van der Waals surface area (Å²) < 4.78 is 11.4. The molecule has 1 aliphatic rings. The number of aromatic nitrogens is 2. The second-order valence-electron chi connectivity index (χ2n) is 6.14. The Hall–Kier alpha value is -3.89. The number of para-hydroxylation sites is 2. The maximum absolute atomic E-state index is 12.3. The Morgan fingerprint density at radius 3 is 2.69 bits per heavy atom. The minimum atomic E-state index is -1.12. The molecule has 0 saturated heterocycles. The van der Waals surface area contributed by atoms with Crippen LogP contribution in [0, 0.1) is 0 Å². The van der Waals surface area contributed by atoms with Crippen LogP contribution in [-0.2, 0) is 20.9 Å². The molecule has 0 bridgehead atoms. The average Bonchev–Trinajstić information content (AvgIpc) is 2.67. The van der Waals surface area contributed by atoms with Gasteiger partial charge in [-0.05, 0) is 19.1 Å². The summed E-state index contributed by atoms with van der Waals surface area (Å²) in [6, 6.07) is 6.71. The molecule has 2 aromatic rings. The number of benzene rings is 1. The number of anilines is 2. The van der Waals surface area contributed by atoms with Gasteiger partial charge in [-0.25, -0.2) is 4.79 Å². The second kappa shape index (κ2) is 8.00. The van der Waals surface area contributed by atoms with Crippen molar-refractivity contribution in [1.29, 1.82) is 0 Å². The fraction of sp³-hybridized carbons (Fsp3) is 0.278. The Labute approximate surface area is 163 Å². The van der Waals surface area contributed by atoms with Crippen LogP contribution in [0.4, 0.5) is 11.5 Å². The highest BCUT2D eigenvalue weighted by molar-refractivity contribution is 6.02. The number of amides is 1. The van der Waals surface area contributed by atoms with Crippen molar-refractivity contribution in [2.24, 2.45) is 0 Å². The van der Waals surface area contributed by atoms with Crippen molar-refractivity contribution in [2.75, 3.05) is 17.7 Å². The third kappa shape index (κ3) is 4.03. The van der Waals surface area contributed by atoms with Crippen molar-refractivity contribution in [3.8, 4) is 5.75 Å². The van der Waals surface area contributed by atoms with Gasteiger partial charge in [-0.3, -0.25) is 28.7 Å². The summed E-state index contributed by atoms with van der Waals surface area (Å²) >= 11 is 0. The highest BCUT2D eigenvalue weighted by Crippen LogP contribution is 2.29. The fourth-order valence-corrected chi connectivity index (χ4v) is 2.83. The number of ether oxygens (including phenoxy) is 2. The van der Waals surface area contributed by atoms with Gasteiger partial charge in [0.05, 0.1) is 12.1 Å². The molecule has 3 rings (SSSR count). The van der Waals surface area contributed by atoms with Gasteiger partial charge < -0.3 is 20.5 Å². The number of Topliss-reactive ketones (excluding diaryl/α,β-unsaturated/α-hetero) is 1. The van der Waals surface area contributed by atoms with Crippen LogP contribution in [-0.4, -0.2) is 39.9 Å². The van der Waals surface area contributed by atoms with E-state index in [0.717, 1.165) is 4.57 Å². The molecule has 152 valence electrons. The molecule has 1 amide bonds. The van der Waals surface area contributed by atoms with Crippen LogP contribution in [0.25, 0.3) is 0 Å². The highest BCUT2D eigenvalue weighted by atomic mass is 16.5. The number of nitrogens with one attached hydrogen (secondary N) is 2. The van der Waals surface area contributed by atoms with Gasteiger partial charge in [0.2, 0.25) is 5.78 Å². The molecule has 2 heterocycles. The van der Waals surface area contributed by atoms with E-state index < -0.39 is 53.6 Å². The van der Waals surface area contributed by atoms with Gasteiger partial charge in [0.25, 0.3) is 11.5 Å². The van der Waals surface area contributed by atoms with E-state index in [9.17, 15) is 24.0 Å².